The fraction of sp³-hybridized carbons (Fsp3) is 0.294. The van der Waals surface area contributed by atoms with Gasteiger partial charge in [-0.1, -0.05) is 0 Å². The van der Waals surface area contributed by atoms with Crippen LogP contribution in [0.15, 0.2) is 29.6 Å². The van der Waals surface area contributed by atoms with Gasteiger partial charge in [0, 0.05) is 36.6 Å². The van der Waals surface area contributed by atoms with Crippen LogP contribution in [0.2, 0.25) is 0 Å². The van der Waals surface area contributed by atoms with Gasteiger partial charge in [0.05, 0.1) is 0 Å². The molecule has 2 aromatic rings. The Morgan fingerprint density at radius 3 is 2.23 bits per heavy atom. The van der Waals surface area contributed by atoms with Crippen LogP contribution >= 0.6 is 11.3 Å². The van der Waals surface area contributed by atoms with E-state index in [1.807, 2.05) is 12.1 Å². The highest BCUT2D eigenvalue weighted by Gasteiger charge is 2.13. The molecule has 1 aromatic carbocycles. The van der Waals surface area contributed by atoms with Crippen LogP contribution in [0, 0.1) is 0 Å². The van der Waals surface area contributed by atoms with Crippen molar-refractivity contribution in [1.29, 1.82) is 0 Å². The monoisotopic (exact) mass is 375 g/mol. The number of amides is 3. The molecular weight excluding hydrogens is 354 g/mol. The molecule has 2 rings (SSSR count). The van der Waals surface area contributed by atoms with Crippen molar-refractivity contribution < 1.29 is 14.4 Å². The number of hydrogen-bond acceptors (Lipinski definition) is 6. The van der Waals surface area contributed by atoms with Crippen LogP contribution in [0.3, 0.4) is 0 Å². The summed E-state index contributed by atoms with van der Waals surface area (Å²) in [6.07, 6.45) is 0. The molecule has 138 valence electrons. The van der Waals surface area contributed by atoms with E-state index >= 15 is 0 Å². The quantitative estimate of drug-likeness (QED) is 0.670. The molecule has 0 bridgehead atoms. The Morgan fingerprint density at radius 1 is 1.04 bits per heavy atom. The molecule has 0 aliphatic heterocycles. The molecule has 0 aliphatic carbocycles. The van der Waals surface area contributed by atoms with Crippen molar-refractivity contribution in [3.05, 3.63) is 40.9 Å². The van der Waals surface area contributed by atoms with Gasteiger partial charge in [0.1, 0.15) is 5.69 Å². The van der Waals surface area contributed by atoms with E-state index in [-0.39, 0.29) is 11.6 Å². The number of carbonyl (C=O) groups is 3. The molecule has 0 aliphatic rings. The van der Waals surface area contributed by atoms with Gasteiger partial charge in [0.25, 0.3) is 11.8 Å². The second kappa shape index (κ2) is 8.95. The van der Waals surface area contributed by atoms with Gasteiger partial charge >= 0.3 is 0 Å². The highest BCUT2D eigenvalue weighted by atomic mass is 32.1. The summed E-state index contributed by atoms with van der Waals surface area (Å²) in [6.45, 7) is 7.25. The van der Waals surface area contributed by atoms with Crippen molar-refractivity contribution in [3.63, 3.8) is 0 Å². The van der Waals surface area contributed by atoms with Gasteiger partial charge in [0.2, 0.25) is 5.91 Å². The minimum absolute atomic E-state index is 0.107. The fourth-order valence-corrected chi connectivity index (χ4v) is 2.98. The van der Waals surface area contributed by atoms with Gasteiger partial charge in [0.15, 0.2) is 5.13 Å². The average Bonchev–Trinajstić information content (AvgIpc) is 3.09. The molecule has 0 spiro atoms. The summed E-state index contributed by atoms with van der Waals surface area (Å²) in [4.78, 5) is 41.2. The molecule has 3 amide bonds. The Bertz CT molecular complexity index is 784. The number of anilines is 2. The Morgan fingerprint density at radius 2 is 1.65 bits per heavy atom. The number of carbonyl (C=O) groups excluding carboxylic acids is 3. The number of rotatable bonds is 6. The van der Waals surface area contributed by atoms with E-state index in [0.717, 1.165) is 30.1 Å². The molecule has 0 saturated carbocycles. The highest BCUT2D eigenvalue weighted by Crippen LogP contribution is 2.16. The first kappa shape index (κ1) is 19.4. The topological polar surface area (TPSA) is 103 Å². The zero-order valence-corrected chi connectivity index (χ0v) is 15.6. The summed E-state index contributed by atoms with van der Waals surface area (Å²) in [7, 11) is 0. The van der Waals surface area contributed by atoms with Gasteiger partial charge in [-0.25, -0.2) is 4.98 Å². The van der Waals surface area contributed by atoms with Crippen molar-refractivity contribution in [2.75, 3.05) is 23.3 Å². The zero-order chi connectivity index (χ0) is 19.1. The Labute approximate surface area is 155 Å². The molecule has 1 aromatic heterocycles. The average molecular weight is 375 g/mol. The van der Waals surface area contributed by atoms with Crippen molar-refractivity contribution in [1.82, 2.24) is 15.8 Å². The van der Waals surface area contributed by atoms with E-state index < -0.39 is 11.8 Å². The lowest BCUT2D eigenvalue weighted by Gasteiger charge is -2.21. The number of thiazole rings is 1. The van der Waals surface area contributed by atoms with E-state index in [0.29, 0.717) is 10.7 Å². The Kier molecular flexibility index (Phi) is 6.67. The third-order valence-corrected chi connectivity index (χ3v) is 4.33. The van der Waals surface area contributed by atoms with Gasteiger partial charge in [-0.2, -0.15) is 0 Å². The second-order valence-corrected chi connectivity index (χ2v) is 6.20. The maximum atomic E-state index is 12.1. The molecule has 9 heteroatoms. The van der Waals surface area contributed by atoms with E-state index in [1.54, 1.807) is 12.1 Å². The van der Waals surface area contributed by atoms with Gasteiger partial charge in [-0.3, -0.25) is 25.2 Å². The zero-order valence-electron chi connectivity index (χ0n) is 14.8. The Balaban J connectivity index is 1.92. The molecule has 3 N–H and O–H groups in total. The molecule has 0 atom stereocenters. The maximum absolute atomic E-state index is 12.1. The molecule has 0 fully saturated rings. The lowest BCUT2D eigenvalue weighted by molar-refractivity contribution is -0.114. The predicted molar refractivity (Wildman–Crippen MR) is 101 cm³/mol. The lowest BCUT2D eigenvalue weighted by Crippen LogP contribution is -2.41. The third kappa shape index (κ3) is 5.03. The molecule has 1 heterocycles. The van der Waals surface area contributed by atoms with Crippen molar-refractivity contribution in [2.24, 2.45) is 0 Å². The van der Waals surface area contributed by atoms with Crippen LogP contribution < -0.4 is 21.1 Å². The van der Waals surface area contributed by atoms with E-state index in [2.05, 4.69) is 39.9 Å². The van der Waals surface area contributed by atoms with Gasteiger partial charge < -0.3 is 10.2 Å². The highest BCUT2D eigenvalue weighted by molar-refractivity contribution is 7.14. The van der Waals surface area contributed by atoms with Crippen molar-refractivity contribution in [2.45, 2.75) is 20.8 Å². The number of benzene rings is 1. The smallest absolute Gasteiger partial charge is 0.289 e. The first-order chi connectivity index (χ1) is 12.4. The van der Waals surface area contributed by atoms with Crippen LogP contribution in [0.25, 0.3) is 0 Å². The standard InChI is InChI=1S/C17H21N5O3S/c1-4-22(5-2)13-8-6-12(7-9-13)15(24)20-21-16(25)14-10-26-17(19-14)18-11(3)23/h6-10H,4-5H2,1-3H3,(H,20,24)(H,21,25)(H,18,19,23). The third-order valence-electron chi connectivity index (χ3n) is 3.57. The number of nitrogens with zero attached hydrogens (tertiary/aromatic N) is 2. The maximum Gasteiger partial charge on any atom is 0.289 e. The van der Waals surface area contributed by atoms with E-state index in [9.17, 15) is 14.4 Å². The summed E-state index contributed by atoms with van der Waals surface area (Å²) < 4.78 is 0. The van der Waals surface area contributed by atoms with Crippen LogP contribution in [-0.4, -0.2) is 35.8 Å². The lowest BCUT2D eigenvalue weighted by atomic mass is 10.2. The number of aromatic nitrogens is 1. The Hall–Kier alpha value is -2.94. The van der Waals surface area contributed by atoms with Crippen LogP contribution in [-0.2, 0) is 4.79 Å². The van der Waals surface area contributed by atoms with E-state index in [4.69, 9.17) is 0 Å². The van der Waals surface area contributed by atoms with Crippen LogP contribution in [0.4, 0.5) is 10.8 Å². The van der Waals surface area contributed by atoms with Gasteiger partial charge in [-0.05, 0) is 38.1 Å². The summed E-state index contributed by atoms with van der Waals surface area (Å²) in [5.41, 5.74) is 6.22. The molecule has 8 nitrogen and oxygen atoms in total. The van der Waals surface area contributed by atoms with Crippen LogP contribution in [0.5, 0.6) is 0 Å². The minimum atomic E-state index is -0.564. The fourth-order valence-electron chi connectivity index (χ4n) is 2.25. The molecule has 0 radical (unpaired) electrons. The minimum Gasteiger partial charge on any atom is -0.372 e. The van der Waals surface area contributed by atoms with E-state index in [1.165, 1.54) is 12.3 Å². The largest absolute Gasteiger partial charge is 0.372 e. The number of hydrogen-bond donors (Lipinski definition) is 3. The summed E-state index contributed by atoms with van der Waals surface area (Å²) in [5, 5.41) is 4.30. The normalized spacial score (nSPS) is 10.1. The molecule has 26 heavy (non-hydrogen) atoms. The van der Waals surface area contributed by atoms with Crippen LogP contribution in [0.1, 0.15) is 41.6 Å². The summed E-state index contributed by atoms with van der Waals surface area (Å²) >= 11 is 1.12. The first-order valence-electron chi connectivity index (χ1n) is 8.13. The molecular formula is C17H21N5O3S. The van der Waals surface area contributed by atoms with Crippen molar-refractivity contribution >= 4 is 39.9 Å². The molecule has 0 saturated heterocycles. The summed E-state index contributed by atoms with van der Waals surface area (Å²) in [5.74, 6) is -1.26. The molecule has 0 unspecified atom stereocenters. The number of nitrogens with one attached hydrogen (secondary N) is 3. The van der Waals surface area contributed by atoms with Gasteiger partial charge in [-0.15, -0.1) is 11.3 Å². The predicted octanol–water partition coefficient (Wildman–Crippen LogP) is 2.02. The number of hydrazine groups is 1. The van der Waals surface area contributed by atoms with Crippen molar-refractivity contribution in [3.8, 4) is 0 Å². The second-order valence-electron chi connectivity index (χ2n) is 5.35. The SMILES string of the molecule is CCN(CC)c1ccc(C(=O)NNC(=O)c2csc(NC(C)=O)n2)cc1. The first-order valence-corrected chi connectivity index (χ1v) is 9.01. The summed E-state index contributed by atoms with van der Waals surface area (Å²) in [6, 6.07) is 7.13.